The van der Waals surface area contributed by atoms with Crippen LogP contribution in [0.1, 0.15) is 24.8 Å². The summed E-state index contributed by atoms with van der Waals surface area (Å²) < 4.78 is 10.7. The second-order valence-electron chi connectivity index (χ2n) is 9.05. The minimum Gasteiger partial charge on any atom is -0.454 e. The molecule has 4 aliphatic rings. The maximum absolute atomic E-state index is 12.7. The van der Waals surface area contributed by atoms with Gasteiger partial charge in [-0.3, -0.25) is 19.4 Å². The summed E-state index contributed by atoms with van der Waals surface area (Å²) in [7, 11) is 0. The summed E-state index contributed by atoms with van der Waals surface area (Å²) in [5.74, 6) is 1.67. The monoisotopic (exact) mass is 440 g/mol. The van der Waals surface area contributed by atoms with Crippen LogP contribution in [-0.2, 0) is 9.59 Å². The lowest BCUT2D eigenvalue weighted by molar-refractivity contribution is -0.135. The molecule has 8 heteroatoms. The number of hydrogen-bond donors (Lipinski definition) is 0. The molecule has 1 aromatic carbocycles. The zero-order chi connectivity index (χ0) is 21.9. The third-order valence-electron chi connectivity index (χ3n) is 7.12. The average molecular weight is 441 g/mol. The summed E-state index contributed by atoms with van der Waals surface area (Å²) in [5, 5.41) is 0. The van der Waals surface area contributed by atoms with Gasteiger partial charge in [-0.15, -0.1) is 0 Å². The number of hydrogen-bond acceptors (Lipinski definition) is 6. The van der Waals surface area contributed by atoms with Gasteiger partial charge >= 0.3 is 0 Å². The number of amides is 2. The molecule has 5 rings (SSSR count). The van der Waals surface area contributed by atoms with E-state index < -0.39 is 0 Å². The zero-order valence-corrected chi connectivity index (χ0v) is 18.6. The summed E-state index contributed by atoms with van der Waals surface area (Å²) in [6.07, 6.45) is 7.42. The van der Waals surface area contributed by atoms with Crippen molar-refractivity contribution in [2.45, 2.75) is 25.3 Å². The SMILES string of the molecule is O=C(/C=C/c1ccc2c(c1)OCO2)N1CCN(CC(=O)N2CCN(C3CCC3)CC2)CC1. The molecule has 2 amide bonds. The zero-order valence-electron chi connectivity index (χ0n) is 18.6. The molecule has 0 N–H and O–H groups in total. The Bertz CT molecular complexity index is 869. The summed E-state index contributed by atoms with van der Waals surface area (Å²) in [4.78, 5) is 33.9. The molecule has 1 saturated carbocycles. The number of ether oxygens (including phenoxy) is 2. The Balaban J connectivity index is 1.04. The molecular weight excluding hydrogens is 408 g/mol. The van der Waals surface area contributed by atoms with E-state index >= 15 is 0 Å². The minimum absolute atomic E-state index is 0.000703. The Hall–Kier alpha value is -2.58. The Morgan fingerprint density at radius 2 is 1.62 bits per heavy atom. The first-order valence-electron chi connectivity index (χ1n) is 11.8. The summed E-state index contributed by atoms with van der Waals surface area (Å²) in [6, 6.07) is 6.40. The van der Waals surface area contributed by atoms with Gasteiger partial charge in [0.25, 0.3) is 0 Å². The van der Waals surface area contributed by atoms with E-state index in [1.165, 1.54) is 19.3 Å². The molecule has 8 nitrogen and oxygen atoms in total. The molecule has 0 radical (unpaired) electrons. The maximum atomic E-state index is 12.7. The highest BCUT2D eigenvalue weighted by atomic mass is 16.7. The number of fused-ring (bicyclic) bond motifs is 1. The molecule has 3 fully saturated rings. The van der Waals surface area contributed by atoms with E-state index in [1.54, 1.807) is 6.08 Å². The smallest absolute Gasteiger partial charge is 0.246 e. The van der Waals surface area contributed by atoms with Gasteiger partial charge in [-0.2, -0.15) is 0 Å². The first-order valence-corrected chi connectivity index (χ1v) is 11.8. The van der Waals surface area contributed by atoms with Crippen LogP contribution in [0.5, 0.6) is 11.5 Å². The van der Waals surface area contributed by atoms with Crippen LogP contribution in [0.4, 0.5) is 0 Å². The third kappa shape index (κ3) is 4.76. The van der Waals surface area contributed by atoms with Gasteiger partial charge in [0.05, 0.1) is 6.54 Å². The highest BCUT2D eigenvalue weighted by Gasteiger charge is 2.30. The van der Waals surface area contributed by atoms with Gasteiger partial charge in [0.2, 0.25) is 18.6 Å². The molecule has 3 heterocycles. The third-order valence-corrected chi connectivity index (χ3v) is 7.12. The molecule has 0 aromatic heterocycles. The summed E-state index contributed by atoms with van der Waals surface area (Å²) in [6.45, 7) is 7.16. The Kier molecular flexibility index (Phi) is 6.32. The molecule has 0 bridgehead atoms. The van der Waals surface area contributed by atoms with Crippen LogP contribution in [0.3, 0.4) is 0 Å². The highest BCUT2D eigenvalue weighted by Crippen LogP contribution is 2.32. The van der Waals surface area contributed by atoms with E-state index in [-0.39, 0.29) is 18.6 Å². The van der Waals surface area contributed by atoms with Gasteiger partial charge < -0.3 is 19.3 Å². The van der Waals surface area contributed by atoms with Crippen molar-refractivity contribution < 1.29 is 19.1 Å². The maximum Gasteiger partial charge on any atom is 0.246 e. The number of carbonyl (C=O) groups excluding carboxylic acids is 2. The fourth-order valence-corrected chi connectivity index (χ4v) is 4.80. The molecule has 2 saturated heterocycles. The predicted molar refractivity (Wildman–Crippen MR) is 120 cm³/mol. The molecule has 3 aliphatic heterocycles. The average Bonchev–Trinajstić information content (AvgIpc) is 3.25. The van der Waals surface area contributed by atoms with Crippen LogP contribution in [0.25, 0.3) is 6.08 Å². The van der Waals surface area contributed by atoms with Gasteiger partial charge in [-0.1, -0.05) is 12.5 Å². The standard InChI is InChI=1S/C24H32N4O4/c29-23(7-5-19-4-6-21-22(16-19)32-18-31-21)27-10-8-25(9-11-27)17-24(30)28-14-12-26(13-15-28)20-2-1-3-20/h4-7,16,20H,1-3,8-15,17-18H2/b7-5+. The van der Waals surface area contributed by atoms with Crippen LogP contribution in [-0.4, -0.2) is 103 Å². The van der Waals surface area contributed by atoms with Crippen molar-refractivity contribution in [2.75, 3.05) is 65.7 Å². The van der Waals surface area contributed by atoms with Gasteiger partial charge in [0.15, 0.2) is 11.5 Å². The van der Waals surface area contributed by atoms with Gasteiger partial charge in [0.1, 0.15) is 0 Å². The predicted octanol–water partition coefficient (Wildman–Crippen LogP) is 1.27. The van der Waals surface area contributed by atoms with E-state index in [0.29, 0.717) is 25.4 Å². The second kappa shape index (κ2) is 9.50. The molecule has 1 aromatic rings. The number of benzene rings is 1. The number of piperazine rings is 2. The molecule has 0 spiro atoms. The minimum atomic E-state index is 0.000703. The van der Waals surface area contributed by atoms with E-state index in [4.69, 9.17) is 9.47 Å². The van der Waals surface area contributed by atoms with E-state index in [2.05, 4.69) is 9.80 Å². The van der Waals surface area contributed by atoms with E-state index in [1.807, 2.05) is 34.1 Å². The Morgan fingerprint density at radius 3 is 2.34 bits per heavy atom. The lowest BCUT2D eigenvalue weighted by atomic mass is 9.91. The number of rotatable bonds is 5. The topological polar surface area (TPSA) is 65.6 Å². The van der Waals surface area contributed by atoms with Crippen LogP contribution < -0.4 is 9.47 Å². The molecule has 32 heavy (non-hydrogen) atoms. The van der Waals surface area contributed by atoms with Crippen molar-refractivity contribution in [1.29, 1.82) is 0 Å². The van der Waals surface area contributed by atoms with Gasteiger partial charge in [-0.05, 0) is 36.6 Å². The van der Waals surface area contributed by atoms with Crippen molar-refractivity contribution >= 4 is 17.9 Å². The first kappa shape index (κ1) is 21.3. The van der Waals surface area contributed by atoms with Crippen molar-refractivity contribution in [3.63, 3.8) is 0 Å². The number of nitrogens with zero attached hydrogens (tertiary/aromatic N) is 4. The number of carbonyl (C=O) groups is 2. The van der Waals surface area contributed by atoms with Crippen LogP contribution in [0.2, 0.25) is 0 Å². The molecular formula is C24H32N4O4. The van der Waals surface area contributed by atoms with Crippen molar-refractivity contribution in [3.8, 4) is 11.5 Å². The van der Waals surface area contributed by atoms with Gasteiger partial charge in [-0.25, -0.2) is 0 Å². The summed E-state index contributed by atoms with van der Waals surface area (Å²) >= 11 is 0. The molecule has 0 unspecified atom stereocenters. The largest absolute Gasteiger partial charge is 0.454 e. The molecule has 0 atom stereocenters. The molecule has 1 aliphatic carbocycles. The van der Waals surface area contributed by atoms with Crippen molar-refractivity contribution in [1.82, 2.24) is 19.6 Å². The highest BCUT2D eigenvalue weighted by molar-refractivity contribution is 5.92. The van der Waals surface area contributed by atoms with Crippen molar-refractivity contribution in [3.05, 3.63) is 29.8 Å². The normalized spacial score (nSPS) is 22.4. The fraction of sp³-hybridized carbons (Fsp3) is 0.583. The lowest BCUT2D eigenvalue weighted by Gasteiger charge is -2.43. The fourth-order valence-electron chi connectivity index (χ4n) is 4.80. The van der Waals surface area contributed by atoms with Crippen LogP contribution in [0, 0.1) is 0 Å². The van der Waals surface area contributed by atoms with Crippen LogP contribution >= 0.6 is 0 Å². The van der Waals surface area contributed by atoms with Crippen molar-refractivity contribution in [2.24, 2.45) is 0 Å². The quantitative estimate of drug-likeness (QED) is 0.643. The summed E-state index contributed by atoms with van der Waals surface area (Å²) in [5.41, 5.74) is 0.907. The Labute approximate surface area is 189 Å². The molecule has 172 valence electrons. The van der Waals surface area contributed by atoms with E-state index in [0.717, 1.165) is 56.6 Å². The second-order valence-corrected chi connectivity index (χ2v) is 9.05. The van der Waals surface area contributed by atoms with E-state index in [9.17, 15) is 9.59 Å². The van der Waals surface area contributed by atoms with Crippen LogP contribution in [0.15, 0.2) is 24.3 Å². The first-order chi connectivity index (χ1) is 15.7. The van der Waals surface area contributed by atoms with Gasteiger partial charge in [0, 0.05) is 64.5 Å². The Morgan fingerprint density at radius 1 is 0.906 bits per heavy atom. The lowest BCUT2D eigenvalue weighted by Crippen LogP contribution is -2.56.